The Hall–Kier alpha value is -0.870. The Kier molecular flexibility index (Phi) is 3.61. The van der Waals surface area contributed by atoms with E-state index < -0.39 is 0 Å². The highest BCUT2D eigenvalue weighted by Crippen LogP contribution is 2.24. The third kappa shape index (κ3) is 2.44. The van der Waals surface area contributed by atoms with Gasteiger partial charge in [-0.15, -0.1) is 0 Å². The molecule has 1 heterocycles. The lowest BCUT2D eigenvalue weighted by Crippen LogP contribution is -2.31. The molecule has 0 aromatic heterocycles. The smallest absolute Gasteiger partial charge is 0.223 e. The highest BCUT2D eigenvalue weighted by Gasteiger charge is 2.22. The number of amides is 1. The SMILES string of the molecule is CN1CC(c2ccccc2Br)NCCC1=O. The van der Waals surface area contributed by atoms with Gasteiger partial charge in [0, 0.05) is 31.0 Å². The molecule has 1 atom stereocenters. The lowest BCUT2D eigenvalue weighted by atomic mass is 10.1. The molecule has 1 saturated heterocycles. The second kappa shape index (κ2) is 4.97. The normalized spacial score (nSPS) is 22.0. The Morgan fingerprint density at radius 1 is 1.44 bits per heavy atom. The summed E-state index contributed by atoms with van der Waals surface area (Å²) >= 11 is 3.55. The minimum atomic E-state index is 0.210. The number of hydrogen-bond donors (Lipinski definition) is 1. The molecule has 1 aliphatic rings. The van der Waals surface area contributed by atoms with Gasteiger partial charge in [-0.1, -0.05) is 34.1 Å². The third-order valence-corrected chi connectivity index (χ3v) is 3.61. The Bertz CT molecular complexity index is 394. The van der Waals surface area contributed by atoms with Crippen molar-refractivity contribution in [2.24, 2.45) is 0 Å². The molecule has 2 rings (SSSR count). The van der Waals surface area contributed by atoms with Crippen molar-refractivity contribution >= 4 is 21.8 Å². The maximum absolute atomic E-state index is 11.6. The number of benzene rings is 1. The van der Waals surface area contributed by atoms with E-state index in [-0.39, 0.29) is 11.9 Å². The van der Waals surface area contributed by atoms with Gasteiger partial charge in [0.05, 0.1) is 6.04 Å². The summed E-state index contributed by atoms with van der Waals surface area (Å²) in [6.07, 6.45) is 0.581. The molecule has 0 radical (unpaired) electrons. The fraction of sp³-hybridized carbons (Fsp3) is 0.417. The molecule has 1 aliphatic heterocycles. The second-order valence-electron chi connectivity index (χ2n) is 4.05. The van der Waals surface area contributed by atoms with E-state index in [1.807, 2.05) is 25.2 Å². The quantitative estimate of drug-likeness (QED) is 0.854. The monoisotopic (exact) mass is 282 g/mol. The van der Waals surface area contributed by atoms with Crippen molar-refractivity contribution in [2.75, 3.05) is 20.1 Å². The predicted octanol–water partition coefficient (Wildman–Crippen LogP) is 1.94. The average Bonchev–Trinajstić information content (AvgIpc) is 2.43. The van der Waals surface area contributed by atoms with Gasteiger partial charge in [0.25, 0.3) is 0 Å². The molecule has 86 valence electrons. The topological polar surface area (TPSA) is 32.3 Å². The Morgan fingerprint density at radius 3 is 2.94 bits per heavy atom. The fourth-order valence-corrected chi connectivity index (χ4v) is 2.51. The fourth-order valence-electron chi connectivity index (χ4n) is 1.95. The summed E-state index contributed by atoms with van der Waals surface area (Å²) in [5.41, 5.74) is 1.21. The largest absolute Gasteiger partial charge is 0.344 e. The summed E-state index contributed by atoms with van der Waals surface area (Å²) in [5, 5.41) is 3.41. The first kappa shape index (κ1) is 11.6. The van der Waals surface area contributed by atoms with E-state index in [1.165, 1.54) is 5.56 Å². The molecule has 4 heteroatoms. The minimum absolute atomic E-state index is 0.210. The van der Waals surface area contributed by atoms with Crippen LogP contribution in [0.2, 0.25) is 0 Å². The van der Waals surface area contributed by atoms with E-state index in [9.17, 15) is 4.79 Å². The minimum Gasteiger partial charge on any atom is -0.344 e. The number of hydrogen-bond acceptors (Lipinski definition) is 2. The number of rotatable bonds is 1. The van der Waals surface area contributed by atoms with Crippen molar-refractivity contribution in [3.8, 4) is 0 Å². The van der Waals surface area contributed by atoms with Gasteiger partial charge >= 0.3 is 0 Å². The number of likely N-dealkylation sites (N-methyl/N-ethyl adjacent to an activating group) is 1. The first-order valence-corrected chi connectivity index (χ1v) is 6.19. The zero-order valence-electron chi connectivity index (χ0n) is 9.24. The van der Waals surface area contributed by atoms with Crippen molar-refractivity contribution in [1.29, 1.82) is 0 Å². The van der Waals surface area contributed by atoms with E-state index in [0.29, 0.717) is 6.42 Å². The van der Waals surface area contributed by atoms with Crippen molar-refractivity contribution < 1.29 is 4.79 Å². The molecule has 1 unspecified atom stereocenters. The molecule has 1 amide bonds. The zero-order valence-corrected chi connectivity index (χ0v) is 10.8. The van der Waals surface area contributed by atoms with Gasteiger partial charge in [0.1, 0.15) is 0 Å². The summed E-state index contributed by atoms with van der Waals surface area (Å²) < 4.78 is 1.09. The van der Waals surface area contributed by atoms with Crippen molar-refractivity contribution in [1.82, 2.24) is 10.2 Å². The van der Waals surface area contributed by atoms with Crippen LogP contribution in [0.15, 0.2) is 28.7 Å². The summed E-state index contributed by atoms with van der Waals surface area (Å²) in [4.78, 5) is 13.3. The van der Waals surface area contributed by atoms with Gasteiger partial charge in [0.15, 0.2) is 0 Å². The van der Waals surface area contributed by atoms with Crippen LogP contribution in [-0.2, 0) is 4.79 Å². The molecule has 0 bridgehead atoms. The van der Waals surface area contributed by atoms with E-state index in [2.05, 4.69) is 27.3 Å². The van der Waals surface area contributed by atoms with Crippen molar-refractivity contribution in [3.63, 3.8) is 0 Å². The molecule has 0 aliphatic carbocycles. The van der Waals surface area contributed by atoms with Gasteiger partial charge in [-0.25, -0.2) is 0 Å². The molecule has 1 fully saturated rings. The van der Waals surface area contributed by atoms with Gasteiger partial charge in [-0.2, -0.15) is 0 Å². The standard InChI is InChI=1S/C12H15BrN2O/c1-15-8-11(14-7-6-12(15)16)9-4-2-3-5-10(9)13/h2-5,11,14H,6-8H2,1H3. The summed E-state index contributed by atoms with van der Waals surface area (Å²) in [6.45, 7) is 1.47. The Labute approximate surface area is 104 Å². The number of carbonyl (C=O) groups is 1. The third-order valence-electron chi connectivity index (χ3n) is 2.89. The van der Waals surface area contributed by atoms with Crippen LogP contribution < -0.4 is 5.32 Å². The Morgan fingerprint density at radius 2 is 2.19 bits per heavy atom. The molecule has 1 aromatic rings. The van der Waals surface area contributed by atoms with E-state index in [1.54, 1.807) is 4.90 Å². The van der Waals surface area contributed by atoms with Gasteiger partial charge < -0.3 is 10.2 Å². The zero-order chi connectivity index (χ0) is 11.5. The highest BCUT2D eigenvalue weighted by atomic mass is 79.9. The van der Waals surface area contributed by atoms with E-state index in [0.717, 1.165) is 17.6 Å². The lowest BCUT2D eigenvalue weighted by molar-refractivity contribution is -0.129. The molecule has 1 N–H and O–H groups in total. The molecule has 0 saturated carbocycles. The van der Waals surface area contributed by atoms with E-state index >= 15 is 0 Å². The van der Waals surface area contributed by atoms with Crippen molar-refractivity contribution in [2.45, 2.75) is 12.5 Å². The molecule has 16 heavy (non-hydrogen) atoms. The number of nitrogens with zero attached hydrogens (tertiary/aromatic N) is 1. The first-order chi connectivity index (χ1) is 7.68. The van der Waals surface area contributed by atoms with Crippen molar-refractivity contribution in [3.05, 3.63) is 34.3 Å². The molecule has 1 aromatic carbocycles. The average molecular weight is 283 g/mol. The van der Waals surface area contributed by atoms with Crippen LogP contribution in [0.5, 0.6) is 0 Å². The number of nitrogens with one attached hydrogen (secondary N) is 1. The molecule has 0 spiro atoms. The summed E-state index contributed by atoms with van der Waals surface area (Å²) in [7, 11) is 1.86. The molecule has 3 nitrogen and oxygen atoms in total. The van der Waals surface area contributed by atoms with Crippen LogP contribution in [-0.4, -0.2) is 30.9 Å². The van der Waals surface area contributed by atoms with Crippen LogP contribution >= 0.6 is 15.9 Å². The van der Waals surface area contributed by atoms with Crippen LogP contribution in [0.1, 0.15) is 18.0 Å². The second-order valence-corrected chi connectivity index (χ2v) is 4.91. The van der Waals surface area contributed by atoms with E-state index in [4.69, 9.17) is 0 Å². The maximum Gasteiger partial charge on any atom is 0.223 e. The van der Waals surface area contributed by atoms with Gasteiger partial charge in [-0.05, 0) is 11.6 Å². The maximum atomic E-state index is 11.6. The van der Waals surface area contributed by atoms with Crippen LogP contribution in [0, 0.1) is 0 Å². The predicted molar refractivity (Wildman–Crippen MR) is 67.1 cm³/mol. The molecular weight excluding hydrogens is 268 g/mol. The first-order valence-electron chi connectivity index (χ1n) is 5.40. The number of carbonyl (C=O) groups excluding carboxylic acids is 1. The number of halogens is 1. The highest BCUT2D eigenvalue weighted by molar-refractivity contribution is 9.10. The molecular formula is C12H15BrN2O. The summed E-state index contributed by atoms with van der Waals surface area (Å²) in [5.74, 6) is 0.210. The Balaban J connectivity index is 2.21. The van der Waals surface area contributed by atoms with Crippen LogP contribution in [0.25, 0.3) is 0 Å². The van der Waals surface area contributed by atoms with Gasteiger partial charge in [-0.3, -0.25) is 4.79 Å². The van der Waals surface area contributed by atoms with Gasteiger partial charge in [0.2, 0.25) is 5.91 Å². The van der Waals surface area contributed by atoms with Crippen LogP contribution in [0.4, 0.5) is 0 Å². The van der Waals surface area contributed by atoms with Crippen LogP contribution in [0.3, 0.4) is 0 Å². The summed E-state index contributed by atoms with van der Waals surface area (Å²) in [6, 6.07) is 8.36. The lowest BCUT2D eigenvalue weighted by Gasteiger charge is -2.22.